The highest BCUT2D eigenvalue weighted by Crippen LogP contribution is 2.41. The number of rotatable bonds is 4. The molecule has 1 aliphatic carbocycles. The minimum Gasteiger partial charge on any atom is -0.381 e. The lowest BCUT2D eigenvalue weighted by Crippen LogP contribution is -2.35. The molecule has 0 atom stereocenters. The zero-order valence-corrected chi connectivity index (χ0v) is 15.1. The molecule has 1 fully saturated rings. The predicted octanol–water partition coefficient (Wildman–Crippen LogP) is 3.63. The molecule has 1 aromatic carbocycles. The van der Waals surface area contributed by atoms with Crippen molar-refractivity contribution in [2.24, 2.45) is 11.1 Å². The van der Waals surface area contributed by atoms with Crippen molar-refractivity contribution in [3.05, 3.63) is 41.0 Å². The van der Waals surface area contributed by atoms with E-state index < -0.39 is 11.3 Å². The fourth-order valence-electron chi connectivity index (χ4n) is 3.87. The SMILES string of the molecule is CC1(C)CC=C(c2cc(C3(C=O)CCOCC3)ccc2C(N)=O)CC1. The molecule has 1 amide bonds. The lowest BCUT2D eigenvalue weighted by Gasteiger charge is -2.34. The largest absolute Gasteiger partial charge is 0.381 e. The molecule has 4 heteroatoms. The molecule has 25 heavy (non-hydrogen) atoms. The van der Waals surface area contributed by atoms with Crippen LogP contribution in [0.5, 0.6) is 0 Å². The Morgan fingerprint density at radius 1 is 1.20 bits per heavy atom. The maximum atomic E-state index is 11.9. The Morgan fingerprint density at radius 3 is 2.48 bits per heavy atom. The lowest BCUT2D eigenvalue weighted by atomic mass is 9.72. The molecule has 0 unspecified atom stereocenters. The normalized spacial score (nSPS) is 22.1. The summed E-state index contributed by atoms with van der Waals surface area (Å²) in [5, 5.41) is 0. The van der Waals surface area contributed by atoms with Gasteiger partial charge in [0.15, 0.2) is 0 Å². The topological polar surface area (TPSA) is 69.4 Å². The Bertz CT molecular complexity index is 712. The molecule has 1 heterocycles. The quantitative estimate of drug-likeness (QED) is 0.850. The van der Waals surface area contributed by atoms with Gasteiger partial charge in [0, 0.05) is 18.8 Å². The number of primary amides is 1. The highest BCUT2D eigenvalue weighted by molar-refractivity contribution is 5.98. The van der Waals surface area contributed by atoms with E-state index in [9.17, 15) is 9.59 Å². The molecule has 3 rings (SSSR count). The van der Waals surface area contributed by atoms with E-state index in [0.29, 0.717) is 37.0 Å². The number of nitrogens with two attached hydrogens (primary N) is 1. The minimum atomic E-state index is -0.516. The van der Waals surface area contributed by atoms with Crippen LogP contribution in [0.3, 0.4) is 0 Å². The number of amides is 1. The average Bonchev–Trinajstić information content (AvgIpc) is 2.61. The zero-order valence-electron chi connectivity index (χ0n) is 15.1. The number of allylic oxidation sites excluding steroid dienone is 2. The van der Waals surface area contributed by atoms with E-state index in [1.165, 1.54) is 5.57 Å². The van der Waals surface area contributed by atoms with Crippen molar-refractivity contribution in [3.63, 3.8) is 0 Å². The van der Waals surface area contributed by atoms with E-state index in [1.54, 1.807) is 6.07 Å². The Balaban J connectivity index is 2.05. The number of hydrogen-bond acceptors (Lipinski definition) is 3. The second-order valence-corrected chi connectivity index (χ2v) is 8.11. The fourth-order valence-corrected chi connectivity index (χ4v) is 3.87. The summed E-state index contributed by atoms with van der Waals surface area (Å²) in [6, 6.07) is 5.69. The summed E-state index contributed by atoms with van der Waals surface area (Å²) in [4.78, 5) is 23.8. The summed E-state index contributed by atoms with van der Waals surface area (Å²) >= 11 is 0. The molecule has 134 valence electrons. The number of ether oxygens (including phenoxy) is 1. The zero-order chi connectivity index (χ0) is 18.1. The summed E-state index contributed by atoms with van der Waals surface area (Å²) in [7, 11) is 0. The van der Waals surface area contributed by atoms with Gasteiger partial charge in [-0.15, -0.1) is 0 Å². The van der Waals surface area contributed by atoms with Gasteiger partial charge in [0.1, 0.15) is 6.29 Å². The molecule has 2 N–H and O–H groups in total. The summed E-state index contributed by atoms with van der Waals surface area (Å²) in [6.07, 6.45) is 7.62. The lowest BCUT2D eigenvalue weighted by molar-refractivity contribution is -0.115. The van der Waals surface area contributed by atoms with Crippen molar-refractivity contribution in [1.29, 1.82) is 0 Å². The predicted molar refractivity (Wildman–Crippen MR) is 98.4 cm³/mol. The summed E-state index contributed by atoms with van der Waals surface area (Å²) in [5.74, 6) is -0.417. The maximum absolute atomic E-state index is 11.9. The van der Waals surface area contributed by atoms with Gasteiger partial charge in [0.2, 0.25) is 5.91 Å². The second-order valence-electron chi connectivity index (χ2n) is 8.11. The molecule has 1 aromatic rings. The maximum Gasteiger partial charge on any atom is 0.249 e. The number of carbonyl (C=O) groups excluding carboxylic acids is 2. The molecule has 2 aliphatic rings. The van der Waals surface area contributed by atoms with Crippen LogP contribution in [0, 0.1) is 5.41 Å². The fraction of sp³-hybridized carbons (Fsp3) is 0.524. The van der Waals surface area contributed by atoms with Gasteiger partial charge in [-0.3, -0.25) is 4.79 Å². The van der Waals surface area contributed by atoms with E-state index >= 15 is 0 Å². The Morgan fingerprint density at radius 2 is 1.92 bits per heavy atom. The first kappa shape index (κ1) is 17.9. The van der Waals surface area contributed by atoms with Crippen LogP contribution in [0.15, 0.2) is 24.3 Å². The van der Waals surface area contributed by atoms with Gasteiger partial charge in [0.05, 0.1) is 5.41 Å². The Hall–Kier alpha value is -1.94. The first-order valence-corrected chi connectivity index (χ1v) is 9.05. The molecule has 0 radical (unpaired) electrons. The molecule has 4 nitrogen and oxygen atoms in total. The molecule has 0 saturated carbocycles. The van der Waals surface area contributed by atoms with Gasteiger partial charge in [-0.1, -0.05) is 26.0 Å². The molecular weight excluding hydrogens is 314 g/mol. The first-order valence-electron chi connectivity index (χ1n) is 9.05. The van der Waals surface area contributed by atoms with Crippen molar-refractivity contribution in [2.75, 3.05) is 13.2 Å². The van der Waals surface area contributed by atoms with Gasteiger partial charge >= 0.3 is 0 Å². The van der Waals surface area contributed by atoms with Gasteiger partial charge in [-0.05, 0) is 66.4 Å². The van der Waals surface area contributed by atoms with Crippen LogP contribution in [-0.2, 0) is 14.9 Å². The molecule has 1 aliphatic heterocycles. The van der Waals surface area contributed by atoms with Crippen molar-refractivity contribution >= 4 is 17.8 Å². The van der Waals surface area contributed by atoms with E-state index in [2.05, 4.69) is 19.9 Å². The van der Waals surface area contributed by atoms with E-state index in [0.717, 1.165) is 36.7 Å². The number of carbonyl (C=O) groups is 2. The van der Waals surface area contributed by atoms with Crippen molar-refractivity contribution in [3.8, 4) is 0 Å². The highest BCUT2D eigenvalue weighted by Gasteiger charge is 2.35. The molecular formula is C21H27NO3. The number of aldehydes is 1. The van der Waals surface area contributed by atoms with E-state index in [4.69, 9.17) is 10.5 Å². The van der Waals surface area contributed by atoms with Crippen LogP contribution in [0.1, 0.15) is 67.4 Å². The Kier molecular flexibility index (Phi) is 4.83. The van der Waals surface area contributed by atoms with Crippen LogP contribution in [0.4, 0.5) is 0 Å². The van der Waals surface area contributed by atoms with Crippen LogP contribution in [0.25, 0.3) is 5.57 Å². The van der Waals surface area contributed by atoms with Gasteiger partial charge in [-0.25, -0.2) is 0 Å². The van der Waals surface area contributed by atoms with Gasteiger partial charge in [-0.2, -0.15) is 0 Å². The second kappa shape index (κ2) is 6.75. The van der Waals surface area contributed by atoms with Crippen LogP contribution in [-0.4, -0.2) is 25.4 Å². The third-order valence-corrected chi connectivity index (χ3v) is 5.79. The van der Waals surface area contributed by atoms with E-state index in [1.807, 2.05) is 12.1 Å². The van der Waals surface area contributed by atoms with Crippen LogP contribution in [0.2, 0.25) is 0 Å². The monoisotopic (exact) mass is 341 g/mol. The van der Waals surface area contributed by atoms with Crippen LogP contribution >= 0.6 is 0 Å². The highest BCUT2D eigenvalue weighted by atomic mass is 16.5. The third-order valence-electron chi connectivity index (χ3n) is 5.79. The average molecular weight is 341 g/mol. The minimum absolute atomic E-state index is 0.290. The van der Waals surface area contributed by atoms with Gasteiger partial charge in [0.25, 0.3) is 0 Å². The van der Waals surface area contributed by atoms with E-state index in [-0.39, 0.29) is 0 Å². The number of benzene rings is 1. The summed E-state index contributed by atoms with van der Waals surface area (Å²) < 4.78 is 5.44. The molecule has 0 spiro atoms. The molecule has 0 bridgehead atoms. The smallest absolute Gasteiger partial charge is 0.249 e. The number of hydrogen-bond donors (Lipinski definition) is 1. The molecule has 0 aromatic heterocycles. The Labute approximate surface area is 149 Å². The van der Waals surface area contributed by atoms with Gasteiger partial charge < -0.3 is 15.3 Å². The van der Waals surface area contributed by atoms with Crippen LogP contribution < -0.4 is 5.73 Å². The third kappa shape index (κ3) is 3.54. The molecule has 1 saturated heterocycles. The first-order chi connectivity index (χ1) is 11.9. The standard InChI is InChI=1S/C21H27NO3/c1-20(2)7-5-15(6-8-20)18-13-16(3-4-17(18)19(22)24)21(14-23)9-11-25-12-10-21/h3-5,13-14H,6-12H2,1-2H3,(H2,22,24). The van der Waals surface area contributed by atoms with Crippen molar-refractivity contribution in [2.45, 2.75) is 51.4 Å². The van der Waals surface area contributed by atoms with Crippen molar-refractivity contribution < 1.29 is 14.3 Å². The summed E-state index contributed by atoms with van der Waals surface area (Å²) in [6.45, 7) is 5.69. The van der Waals surface area contributed by atoms with Crippen molar-refractivity contribution in [1.82, 2.24) is 0 Å². The summed E-state index contributed by atoms with van der Waals surface area (Å²) in [5.41, 5.74) is 8.97.